The topological polar surface area (TPSA) is 104 Å². The fourth-order valence-electron chi connectivity index (χ4n) is 2.85. The zero-order valence-corrected chi connectivity index (χ0v) is 13.3. The van der Waals surface area contributed by atoms with E-state index in [1.54, 1.807) is 6.92 Å². The molecule has 22 heavy (non-hydrogen) atoms. The minimum Gasteiger partial charge on any atom is -0.391 e. The zero-order valence-electron chi connectivity index (χ0n) is 12.5. The van der Waals surface area contributed by atoms with Gasteiger partial charge >= 0.3 is 0 Å². The normalized spacial score (nSPS) is 21.5. The van der Waals surface area contributed by atoms with Crippen molar-refractivity contribution in [3.63, 3.8) is 0 Å². The highest BCUT2D eigenvalue weighted by Gasteiger charge is 2.34. The number of hydrogen-bond donors (Lipinski definition) is 3. The number of aryl methyl sites for hydroxylation is 2. The van der Waals surface area contributed by atoms with Crippen molar-refractivity contribution in [2.45, 2.75) is 26.4 Å². The number of hydrogen-bond acceptors (Lipinski definition) is 6. The molecule has 8 heteroatoms. The maximum Gasteiger partial charge on any atom is 0.222 e. The third kappa shape index (κ3) is 2.86. The predicted octanol–water partition coefficient (Wildman–Crippen LogP) is 1.09. The average Bonchev–Trinajstić information content (AvgIpc) is 3.01. The van der Waals surface area contributed by atoms with Crippen LogP contribution in [0.3, 0.4) is 0 Å². The molecule has 0 radical (unpaired) electrons. The van der Waals surface area contributed by atoms with Crippen molar-refractivity contribution in [1.29, 1.82) is 0 Å². The molecule has 118 valence electrons. The molecule has 1 aliphatic heterocycles. The van der Waals surface area contributed by atoms with Crippen LogP contribution >= 0.6 is 11.6 Å². The van der Waals surface area contributed by atoms with Gasteiger partial charge in [0.1, 0.15) is 5.02 Å². The van der Waals surface area contributed by atoms with Crippen LogP contribution in [-0.2, 0) is 6.42 Å². The van der Waals surface area contributed by atoms with Gasteiger partial charge in [-0.25, -0.2) is 4.98 Å². The first-order chi connectivity index (χ1) is 10.4. The lowest BCUT2D eigenvalue weighted by Gasteiger charge is -2.19. The zero-order chi connectivity index (χ0) is 15.9. The van der Waals surface area contributed by atoms with Gasteiger partial charge in [0, 0.05) is 24.7 Å². The number of nitrogens with two attached hydrogens (primary N) is 1. The summed E-state index contributed by atoms with van der Waals surface area (Å²) in [6.07, 6.45) is 0.253. The Morgan fingerprint density at radius 1 is 1.41 bits per heavy atom. The molecule has 0 bridgehead atoms. The second-order valence-corrected chi connectivity index (χ2v) is 6.16. The molecule has 4 N–H and O–H groups in total. The smallest absolute Gasteiger partial charge is 0.222 e. The van der Waals surface area contributed by atoms with E-state index in [0.717, 1.165) is 11.4 Å². The Labute approximate surface area is 133 Å². The standard InChI is InChI=1S/C14H19ClN6O/c1-7-3-10(20-19-7)4-9-5-21(6-11(9)22)13-12(15)8(2)17-14(16)18-13/h3,9,11,22H,4-6H2,1-2H3,(H,19,20)(H2,16,17,18). The van der Waals surface area contributed by atoms with E-state index in [0.29, 0.717) is 36.0 Å². The number of aromatic nitrogens is 4. The number of nitrogens with zero attached hydrogens (tertiary/aromatic N) is 4. The fourth-order valence-corrected chi connectivity index (χ4v) is 3.05. The molecule has 1 aliphatic rings. The molecule has 2 aromatic rings. The molecule has 1 saturated heterocycles. The van der Waals surface area contributed by atoms with Crippen LogP contribution in [0.5, 0.6) is 0 Å². The second-order valence-electron chi connectivity index (χ2n) is 5.78. The lowest BCUT2D eigenvalue weighted by molar-refractivity contribution is 0.148. The van der Waals surface area contributed by atoms with E-state index in [-0.39, 0.29) is 11.9 Å². The number of aliphatic hydroxyl groups excluding tert-OH is 1. The first-order valence-corrected chi connectivity index (χ1v) is 7.55. The third-order valence-electron chi connectivity index (χ3n) is 3.95. The number of halogens is 1. The van der Waals surface area contributed by atoms with Crippen molar-refractivity contribution < 1.29 is 5.11 Å². The molecule has 2 aromatic heterocycles. The van der Waals surface area contributed by atoms with E-state index in [1.165, 1.54) is 0 Å². The fraction of sp³-hybridized carbons (Fsp3) is 0.500. The molecule has 2 unspecified atom stereocenters. The van der Waals surface area contributed by atoms with Crippen LogP contribution in [0.2, 0.25) is 5.02 Å². The van der Waals surface area contributed by atoms with Gasteiger partial charge in [-0.2, -0.15) is 10.1 Å². The van der Waals surface area contributed by atoms with Crippen molar-refractivity contribution in [3.05, 3.63) is 28.2 Å². The molecule has 0 amide bonds. The van der Waals surface area contributed by atoms with Gasteiger partial charge in [-0.1, -0.05) is 11.6 Å². The maximum absolute atomic E-state index is 10.3. The number of H-pyrrole nitrogens is 1. The van der Waals surface area contributed by atoms with Crippen molar-refractivity contribution in [3.8, 4) is 0 Å². The Balaban J connectivity index is 1.78. The first-order valence-electron chi connectivity index (χ1n) is 7.17. The SMILES string of the molecule is Cc1cc(CC2CN(c3nc(N)nc(C)c3Cl)CC2O)n[nH]1. The lowest BCUT2D eigenvalue weighted by Crippen LogP contribution is -2.23. The highest BCUT2D eigenvalue weighted by molar-refractivity contribution is 6.33. The van der Waals surface area contributed by atoms with Gasteiger partial charge in [0.05, 0.1) is 17.5 Å². The summed E-state index contributed by atoms with van der Waals surface area (Å²) < 4.78 is 0. The summed E-state index contributed by atoms with van der Waals surface area (Å²) in [6.45, 7) is 4.88. The van der Waals surface area contributed by atoms with Crippen LogP contribution in [-0.4, -0.2) is 44.5 Å². The summed E-state index contributed by atoms with van der Waals surface area (Å²) >= 11 is 6.28. The Hall–Kier alpha value is -1.86. The Bertz CT molecular complexity index is 688. The van der Waals surface area contributed by atoms with Gasteiger partial charge in [0.2, 0.25) is 5.95 Å². The third-order valence-corrected chi connectivity index (χ3v) is 4.40. The number of nitrogens with one attached hydrogen (secondary N) is 1. The van der Waals surface area contributed by atoms with E-state index in [4.69, 9.17) is 17.3 Å². The largest absolute Gasteiger partial charge is 0.391 e. The Morgan fingerprint density at radius 3 is 2.86 bits per heavy atom. The highest BCUT2D eigenvalue weighted by Crippen LogP contribution is 2.31. The molecule has 7 nitrogen and oxygen atoms in total. The molecule has 0 aromatic carbocycles. The summed E-state index contributed by atoms with van der Waals surface area (Å²) in [5, 5.41) is 18.0. The van der Waals surface area contributed by atoms with E-state index >= 15 is 0 Å². The van der Waals surface area contributed by atoms with Crippen LogP contribution in [0.1, 0.15) is 17.1 Å². The van der Waals surface area contributed by atoms with Gasteiger partial charge in [-0.15, -0.1) is 0 Å². The lowest BCUT2D eigenvalue weighted by atomic mass is 10.0. The van der Waals surface area contributed by atoms with Crippen LogP contribution in [0, 0.1) is 19.8 Å². The second kappa shape index (κ2) is 5.73. The highest BCUT2D eigenvalue weighted by atomic mass is 35.5. The summed E-state index contributed by atoms with van der Waals surface area (Å²) in [5.74, 6) is 0.861. The molecule has 2 atom stereocenters. The first kappa shape index (κ1) is 15.1. The van der Waals surface area contributed by atoms with E-state index in [1.807, 2.05) is 17.9 Å². The van der Waals surface area contributed by atoms with Crippen LogP contribution < -0.4 is 10.6 Å². The van der Waals surface area contributed by atoms with Gasteiger partial charge in [-0.3, -0.25) is 5.10 Å². The van der Waals surface area contributed by atoms with E-state index in [2.05, 4.69) is 20.2 Å². The number of β-amino-alcohol motifs (C(OH)–C–C–N with tert-alkyl or cyclic N) is 1. The predicted molar refractivity (Wildman–Crippen MR) is 84.9 cm³/mol. The average molecular weight is 323 g/mol. The van der Waals surface area contributed by atoms with Gasteiger partial charge in [-0.05, 0) is 26.3 Å². The van der Waals surface area contributed by atoms with Gasteiger partial charge in [0.25, 0.3) is 0 Å². The molecule has 0 spiro atoms. The summed E-state index contributed by atoms with van der Waals surface area (Å²) in [6, 6.07) is 2.00. The maximum atomic E-state index is 10.3. The molecule has 0 aliphatic carbocycles. The molecular weight excluding hydrogens is 304 g/mol. The minimum atomic E-state index is -0.454. The molecular formula is C14H19ClN6O. The Kier molecular flexibility index (Phi) is 3.92. The van der Waals surface area contributed by atoms with Crippen molar-refractivity contribution >= 4 is 23.4 Å². The van der Waals surface area contributed by atoms with Crippen LogP contribution in [0.15, 0.2) is 6.07 Å². The molecule has 3 heterocycles. The van der Waals surface area contributed by atoms with Gasteiger partial charge < -0.3 is 15.7 Å². The van der Waals surface area contributed by atoms with Crippen molar-refractivity contribution in [1.82, 2.24) is 20.2 Å². The van der Waals surface area contributed by atoms with Crippen molar-refractivity contribution in [2.24, 2.45) is 5.92 Å². The number of rotatable bonds is 3. The van der Waals surface area contributed by atoms with Crippen LogP contribution in [0.4, 0.5) is 11.8 Å². The molecule has 3 rings (SSSR count). The Morgan fingerprint density at radius 2 is 2.18 bits per heavy atom. The summed E-state index contributed by atoms with van der Waals surface area (Å²) in [5.41, 5.74) is 8.32. The molecule has 1 fully saturated rings. The summed E-state index contributed by atoms with van der Waals surface area (Å²) in [4.78, 5) is 10.2. The minimum absolute atomic E-state index is 0.0789. The summed E-state index contributed by atoms with van der Waals surface area (Å²) in [7, 11) is 0. The molecule has 0 saturated carbocycles. The van der Waals surface area contributed by atoms with Crippen LogP contribution in [0.25, 0.3) is 0 Å². The quantitative estimate of drug-likeness (QED) is 0.781. The number of aliphatic hydroxyl groups is 1. The van der Waals surface area contributed by atoms with E-state index < -0.39 is 6.10 Å². The number of nitrogen functional groups attached to an aromatic ring is 1. The van der Waals surface area contributed by atoms with Crippen molar-refractivity contribution in [2.75, 3.05) is 23.7 Å². The number of aromatic amines is 1. The number of anilines is 2. The monoisotopic (exact) mass is 322 g/mol. The van der Waals surface area contributed by atoms with Gasteiger partial charge in [0.15, 0.2) is 5.82 Å². The van der Waals surface area contributed by atoms with E-state index in [9.17, 15) is 5.11 Å².